The van der Waals surface area contributed by atoms with Crippen LogP contribution in [-0.4, -0.2) is 55.1 Å². The highest BCUT2D eigenvalue weighted by Crippen LogP contribution is 2.18. The van der Waals surface area contributed by atoms with E-state index in [1.54, 1.807) is 14.2 Å². The van der Waals surface area contributed by atoms with Crippen LogP contribution in [0.5, 0.6) is 0 Å². The van der Waals surface area contributed by atoms with Crippen LogP contribution in [0.25, 0.3) is 0 Å². The topological polar surface area (TPSA) is 72.4 Å². The van der Waals surface area contributed by atoms with Crippen LogP contribution < -0.4 is 10.2 Å². The number of anilines is 2. The first-order valence-corrected chi connectivity index (χ1v) is 7.06. The van der Waals surface area contributed by atoms with Crippen molar-refractivity contribution in [2.24, 2.45) is 0 Å². The van der Waals surface area contributed by atoms with Gasteiger partial charge in [-0.05, 0) is 30.9 Å². The minimum absolute atomic E-state index is 0.189. The first kappa shape index (κ1) is 15.2. The third-order valence-electron chi connectivity index (χ3n) is 3.19. The lowest BCUT2D eigenvalue weighted by Gasteiger charge is -2.26. The molecule has 20 heavy (non-hydrogen) atoms. The Hall–Kier alpha value is -1.18. The van der Waals surface area contributed by atoms with Crippen LogP contribution in [0, 0.1) is 0 Å². The molecule has 0 aromatic carbocycles. The van der Waals surface area contributed by atoms with Gasteiger partial charge in [0.1, 0.15) is 0 Å². The zero-order valence-corrected chi connectivity index (χ0v) is 12.6. The highest BCUT2D eigenvalue weighted by molar-refractivity contribution is 6.28. The molecule has 1 aromatic rings. The molecule has 0 spiro atoms. The van der Waals surface area contributed by atoms with Crippen LogP contribution in [0.1, 0.15) is 19.3 Å². The van der Waals surface area contributed by atoms with Gasteiger partial charge in [0, 0.05) is 27.3 Å². The Kier molecular flexibility index (Phi) is 5.75. The summed E-state index contributed by atoms with van der Waals surface area (Å²) in [5.74, 6) is 1.06. The zero-order valence-electron chi connectivity index (χ0n) is 11.8. The molecule has 0 atom stereocenters. The maximum absolute atomic E-state index is 5.96. The number of ether oxygens (including phenoxy) is 2. The number of nitrogens with one attached hydrogen (secondary N) is 1. The second kappa shape index (κ2) is 7.56. The van der Waals surface area contributed by atoms with Gasteiger partial charge in [0.15, 0.2) is 6.29 Å². The largest absolute Gasteiger partial charge is 0.354 e. The average Bonchev–Trinajstić information content (AvgIpc) is 2.49. The normalized spacial score (nSPS) is 15.7. The SMILES string of the molecule is COC(CNc1nc(Cl)nc(N2CCCCC2)n1)OC. The minimum atomic E-state index is -0.357. The van der Waals surface area contributed by atoms with Crippen molar-refractivity contribution >= 4 is 23.5 Å². The summed E-state index contributed by atoms with van der Waals surface area (Å²) in [4.78, 5) is 14.8. The molecule has 7 nitrogen and oxygen atoms in total. The molecule has 1 aromatic heterocycles. The number of nitrogens with zero attached hydrogens (tertiary/aromatic N) is 4. The van der Waals surface area contributed by atoms with Crippen LogP contribution in [-0.2, 0) is 9.47 Å². The van der Waals surface area contributed by atoms with Gasteiger partial charge in [-0.2, -0.15) is 15.0 Å². The lowest BCUT2D eigenvalue weighted by molar-refractivity contribution is -0.0914. The predicted molar refractivity (Wildman–Crippen MR) is 77.2 cm³/mol. The molecular weight excluding hydrogens is 282 g/mol. The van der Waals surface area contributed by atoms with Crippen molar-refractivity contribution in [3.8, 4) is 0 Å². The Morgan fingerprint density at radius 1 is 1.15 bits per heavy atom. The molecule has 1 N–H and O–H groups in total. The van der Waals surface area contributed by atoms with Gasteiger partial charge < -0.3 is 19.7 Å². The Labute approximate surface area is 123 Å². The first-order valence-electron chi connectivity index (χ1n) is 6.69. The van der Waals surface area contributed by atoms with Crippen molar-refractivity contribution in [2.45, 2.75) is 25.6 Å². The maximum atomic E-state index is 5.96. The summed E-state index contributed by atoms with van der Waals surface area (Å²) >= 11 is 5.96. The van der Waals surface area contributed by atoms with E-state index in [1.807, 2.05) is 0 Å². The lowest BCUT2D eigenvalue weighted by atomic mass is 10.1. The molecule has 0 aliphatic carbocycles. The molecule has 1 aliphatic heterocycles. The van der Waals surface area contributed by atoms with Crippen molar-refractivity contribution in [1.29, 1.82) is 0 Å². The van der Waals surface area contributed by atoms with Gasteiger partial charge in [-0.15, -0.1) is 0 Å². The Morgan fingerprint density at radius 2 is 1.85 bits per heavy atom. The smallest absolute Gasteiger partial charge is 0.231 e. The standard InChI is InChI=1S/C12H20ClN5O2/c1-19-9(20-2)8-14-11-15-10(13)16-12(17-11)18-6-4-3-5-7-18/h9H,3-8H2,1-2H3,(H,14,15,16,17). The van der Waals surface area contributed by atoms with Crippen molar-refractivity contribution in [1.82, 2.24) is 15.0 Å². The van der Waals surface area contributed by atoms with Gasteiger partial charge in [0.2, 0.25) is 17.2 Å². The van der Waals surface area contributed by atoms with E-state index in [1.165, 1.54) is 6.42 Å². The molecule has 1 fully saturated rings. The summed E-state index contributed by atoms with van der Waals surface area (Å²) in [6, 6.07) is 0. The number of aromatic nitrogens is 3. The molecule has 0 amide bonds. The quantitative estimate of drug-likeness (QED) is 0.799. The van der Waals surface area contributed by atoms with E-state index in [-0.39, 0.29) is 11.6 Å². The molecule has 0 bridgehead atoms. The number of halogens is 1. The van der Waals surface area contributed by atoms with Crippen LogP contribution in [0.3, 0.4) is 0 Å². The van der Waals surface area contributed by atoms with Crippen LogP contribution in [0.15, 0.2) is 0 Å². The van der Waals surface area contributed by atoms with Crippen LogP contribution in [0.4, 0.5) is 11.9 Å². The number of piperidine rings is 1. The molecule has 0 radical (unpaired) electrons. The van der Waals surface area contributed by atoms with Gasteiger partial charge >= 0.3 is 0 Å². The first-order chi connectivity index (χ1) is 9.72. The highest BCUT2D eigenvalue weighted by atomic mass is 35.5. The van der Waals surface area contributed by atoms with Gasteiger partial charge in [-0.3, -0.25) is 0 Å². The fourth-order valence-corrected chi connectivity index (χ4v) is 2.25. The van der Waals surface area contributed by atoms with E-state index in [0.717, 1.165) is 25.9 Å². The molecule has 1 saturated heterocycles. The second-order valence-electron chi connectivity index (χ2n) is 4.56. The zero-order chi connectivity index (χ0) is 14.4. The molecule has 1 aliphatic rings. The monoisotopic (exact) mass is 301 g/mol. The Morgan fingerprint density at radius 3 is 2.50 bits per heavy atom. The fourth-order valence-electron chi connectivity index (χ4n) is 2.09. The minimum Gasteiger partial charge on any atom is -0.354 e. The summed E-state index contributed by atoms with van der Waals surface area (Å²) in [6.07, 6.45) is 3.20. The third kappa shape index (κ3) is 4.16. The molecular formula is C12H20ClN5O2. The van der Waals surface area contributed by atoms with Crippen molar-refractivity contribution in [3.63, 3.8) is 0 Å². The van der Waals surface area contributed by atoms with E-state index >= 15 is 0 Å². The molecule has 2 heterocycles. The summed E-state index contributed by atoms with van der Waals surface area (Å²) in [5, 5.41) is 3.23. The summed E-state index contributed by atoms with van der Waals surface area (Å²) in [5.41, 5.74) is 0. The molecule has 8 heteroatoms. The molecule has 0 saturated carbocycles. The number of hydrogen-bond acceptors (Lipinski definition) is 7. The van der Waals surface area contributed by atoms with Crippen molar-refractivity contribution < 1.29 is 9.47 Å². The number of hydrogen-bond donors (Lipinski definition) is 1. The van der Waals surface area contributed by atoms with Gasteiger partial charge in [-0.25, -0.2) is 0 Å². The molecule has 112 valence electrons. The predicted octanol–water partition coefficient (Wildman–Crippen LogP) is 1.55. The summed E-state index contributed by atoms with van der Waals surface area (Å²) in [7, 11) is 3.16. The number of methoxy groups -OCH3 is 2. The van der Waals surface area contributed by atoms with E-state index in [0.29, 0.717) is 18.4 Å². The van der Waals surface area contributed by atoms with Gasteiger partial charge in [0.05, 0.1) is 6.54 Å². The van der Waals surface area contributed by atoms with Crippen molar-refractivity contribution in [2.75, 3.05) is 44.1 Å². The van der Waals surface area contributed by atoms with Gasteiger partial charge in [0.25, 0.3) is 0 Å². The van der Waals surface area contributed by atoms with E-state index in [9.17, 15) is 0 Å². The molecule has 0 unspecified atom stereocenters. The van der Waals surface area contributed by atoms with E-state index < -0.39 is 0 Å². The van der Waals surface area contributed by atoms with Crippen molar-refractivity contribution in [3.05, 3.63) is 5.28 Å². The summed E-state index contributed by atoms with van der Waals surface area (Å²) < 4.78 is 10.2. The highest BCUT2D eigenvalue weighted by Gasteiger charge is 2.16. The van der Waals surface area contributed by atoms with E-state index in [4.69, 9.17) is 21.1 Å². The average molecular weight is 302 g/mol. The third-order valence-corrected chi connectivity index (χ3v) is 3.36. The van der Waals surface area contributed by atoms with Gasteiger partial charge in [-0.1, -0.05) is 0 Å². The lowest BCUT2D eigenvalue weighted by Crippen LogP contribution is -2.31. The number of rotatable bonds is 6. The Bertz CT molecular complexity index is 424. The maximum Gasteiger partial charge on any atom is 0.231 e. The van der Waals surface area contributed by atoms with Crippen LogP contribution >= 0.6 is 11.6 Å². The van der Waals surface area contributed by atoms with E-state index in [2.05, 4.69) is 25.2 Å². The molecule has 2 rings (SSSR count). The van der Waals surface area contributed by atoms with Crippen LogP contribution in [0.2, 0.25) is 5.28 Å². The summed E-state index contributed by atoms with van der Waals surface area (Å²) in [6.45, 7) is 2.35. The second-order valence-corrected chi connectivity index (χ2v) is 4.90. The Balaban J connectivity index is 2.03. The fraction of sp³-hybridized carbons (Fsp3) is 0.750.